The number of amides is 1. The van der Waals surface area contributed by atoms with E-state index >= 15 is 0 Å². The molecular formula is C28H29NO4. The van der Waals surface area contributed by atoms with Crippen molar-refractivity contribution in [1.82, 2.24) is 5.48 Å². The Balaban J connectivity index is 1.06. The molecule has 0 saturated carbocycles. The van der Waals surface area contributed by atoms with Crippen molar-refractivity contribution in [2.45, 2.75) is 45.1 Å². The Bertz CT molecular complexity index is 1090. The highest BCUT2D eigenvalue weighted by molar-refractivity contribution is 6.21. The molecule has 0 saturated heterocycles. The molecule has 5 nitrogen and oxygen atoms in total. The lowest BCUT2D eigenvalue weighted by Crippen LogP contribution is -2.23. The second kappa shape index (κ2) is 11.4. The van der Waals surface area contributed by atoms with Crippen LogP contribution in [0.2, 0.25) is 0 Å². The Morgan fingerprint density at radius 1 is 0.727 bits per heavy atom. The molecule has 0 atom stereocenters. The summed E-state index contributed by atoms with van der Waals surface area (Å²) in [6, 6.07) is 23.2. The predicted octanol–water partition coefficient (Wildman–Crippen LogP) is 5.87. The molecule has 4 rings (SSSR count). The van der Waals surface area contributed by atoms with Crippen molar-refractivity contribution in [3.8, 4) is 16.9 Å². The van der Waals surface area contributed by atoms with E-state index in [9.17, 15) is 9.59 Å². The maximum atomic E-state index is 12.6. The van der Waals surface area contributed by atoms with Crippen LogP contribution in [0.25, 0.3) is 11.1 Å². The monoisotopic (exact) mass is 443 g/mol. The molecule has 0 radical (unpaired) electrons. The van der Waals surface area contributed by atoms with E-state index in [1.165, 1.54) is 0 Å². The molecule has 0 unspecified atom stereocenters. The Hall–Kier alpha value is -3.44. The van der Waals surface area contributed by atoms with Gasteiger partial charge in [-0.15, -0.1) is 0 Å². The maximum Gasteiger partial charge on any atom is 0.243 e. The molecular weight excluding hydrogens is 414 g/mol. The summed E-state index contributed by atoms with van der Waals surface area (Å²) in [5.74, 6) is 0.727. The highest BCUT2D eigenvalue weighted by atomic mass is 16.6. The van der Waals surface area contributed by atoms with Gasteiger partial charge >= 0.3 is 0 Å². The molecule has 0 spiro atoms. The van der Waals surface area contributed by atoms with Gasteiger partial charge in [0.05, 0.1) is 13.2 Å². The lowest BCUT2D eigenvalue weighted by atomic mass is 10.1. The zero-order valence-corrected chi connectivity index (χ0v) is 18.7. The smallest absolute Gasteiger partial charge is 0.243 e. The van der Waals surface area contributed by atoms with Crippen LogP contribution in [0.15, 0.2) is 72.8 Å². The number of fused-ring (bicyclic) bond motifs is 3. The van der Waals surface area contributed by atoms with Crippen molar-refractivity contribution in [3.05, 3.63) is 89.5 Å². The normalized spacial score (nSPS) is 11.7. The lowest BCUT2D eigenvalue weighted by molar-refractivity contribution is -0.134. The van der Waals surface area contributed by atoms with E-state index in [-0.39, 0.29) is 11.7 Å². The zero-order valence-electron chi connectivity index (χ0n) is 18.7. The van der Waals surface area contributed by atoms with Crippen molar-refractivity contribution in [3.63, 3.8) is 0 Å². The fourth-order valence-corrected chi connectivity index (χ4v) is 4.03. The number of ketones is 1. The molecule has 3 aromatic carbocycles. The number of carbonyl (C=O) groups excluding carboxylic acids is 2. The largest absolute Gasteiger partial charge is 0.494 e. The molecule has 0 aliphatic heterocycles. The van der Waals surface area contributed by atoms with Gasteiger partial charge < -0.3 is 4.74 Å². The highest BCUT2D eigenvalue weighted by Crippen LogP contribution is 2.38. The summed E-state index contributed by atoms with van der Waals surface area (Å²) in [6.07, 6.45) is 5.35. The van der Waals surface area contributed by atoms with E-state index in [2.05, 4.69) is 5.48 Å². The van der Waals surface area contributed by atoms with Crippen LogP contribution >= 0.6 is 0 Å². The highest BCUT2D eigenvalue weighted by Gasteiger charge is 2.26. The van der Waals surface area contributed by atoms with E-state index in [1.807, 2.05) is 72.8 Å². The number of carbonyl (C=O) groups is 2. The number of hydroxylamine groups is 1. The minimum absolute atomic E-state index is 0.0700. The first-order valence-corrected chi connectivity index (χ1v) is 11.6. The number of hydrogen-bond acceptors (Lipinski definition) is 4. The number of hydrogen-bond donors (Lipinski definition) is 1. The molecule has 0 heterocycles. The second-order valence-corrected chi connectivity index (χ2v) is 8.25. The quantitative estimate of drug-likeness (QED) is 0.220. The Morgan fingerprint density at radius 3 is 2.27 bits per heavy atom. The summed E-state index contributed by atoms with van der Waals surface area (Å²) in [4.78, 5) is 29.7. The van der Waals surface area contributed by atoms with Crippen molar-refractivity contribution < 1.29 is 19.2 Å². The Morgan fingerprint density at radius 2 is 1.42 bits per heavy atom. The fourth-order valence-electron chi connectivity index (χ4n) is 4.03. The number of nitrogens with one attached hydrogen (secondary N) is 1. The molecule has 0 bridgehead atoms. The first kappa shape index (κ1) is 22.7. The van der Waals surface area contributed by atoms with Crippen LogP contribution < -0.4 is 10.2 Å². The summed E-state index contributed by atoms with van der Waals surface area (Å²) >= 11 is 0. The maximum absolute atomic E-state index is 12.6. The molecule has 1 amide bonds. The predicted molar refractivity (Wildman–Crippen MR) is 128 cm³/mol. The van der Waals surface area contributed by atoms with E-state index in [4.69, 9.17) is 9.57 Å². The first-order chi connectivity index (χ1) is 16.2. The Labute approximate surface area is 194 Å². The summed E-state index contributed by atoms with van der Waals surface area (Å²) in [5.41, 5.74) is 7.00. The van der Waals surface area contributed by atoms with Crippen LogP contribution in [-0.4, -0.2) is 18.3 Å². The number of rotatable bonds is 12. The minimum Gasteiger partial charge on any atom is -0.494 e. The average molecular weight is 444 g/mol. The van der Waals surface area contributed by atoms with Gasteiger partial charge in [-0.25, -0.2) is 5.48 Å². The van der Waals surface area contributed by atoms with Crippen LogP contribution in [0.3, 0.4) is 0 Å². The first-order valence-electron chi connectivity index (χ1n) is 11.6. The zero-order chi connectivity index (χ0) is 22.9. The molecule has 5 heteroatoms. The number of benzene rings is 3. The minimum atomic E-state index is -0.0810. The summed E-state index contributed by atoms with van der Waals surface area (Å²) in [5, 5.41) is 0. The van der Waals surface area contributed by atoms with Gasteiger partial charge in [0.1, 0.15) is 5.75 Å². The van der Waals surface area contributed by atoms with Gasteiger partial charge in [0, 0.05) is 17.5 Å². The van der Waals surface area contributed by atoms with E-state index in [1.54, 1.807) is 0 Å². The van der Waals surface area contributed by atoms with Crippen LogP contribution in [-0.2, 0) is 16.2 Å². The van der Waals surface area contributed by atoms with Gasteiger partial charge in [-0.05, 0) is 47.7 Å². The molecule has 3 aromatic rings. The van der Waals surface area contributed by atoms with Crippen molar-refractivity contribution in [2.75, 3.05) is 6.61 Å². The van der Waals surface area contributed by atoms with Gasteiger partial charge in [-0.1, -0.05) is 73.9 Å². The SMILES string of the molecule is O=C(CCCCCCCOc1ccc2c(c1)C(=O)c1ccccc1-2)NOCc1ccccc1. The summed E-state index contributed by atoms with van der Waals surface area (Å²) in [7, 11) is 0. The lowest BCUT2D eigenvalue weighted by Gasteiger charge is -2.08. The average Bonchev–Trinajstić information content (AvgIpc) is 3.13. The molecule has 1 N–H and O–H groups in total. The molecule has 33 heavy (non-hydrogen) atoms. The molecule has 1 aliphatic carbocycles. The van der Waals surface area contributed by atoms with E-state index in [0.717, 1.165) is 65.7 Å². The third kappa shape index (κ3) is 6.08. The molecule has 0 fully saturated rings. The van der Waals surface area contributed by atoms with Crippen molar-refractivity contribution in [1.29, 1.82) is 0 Å². The molecule has 1 aliphatic rings. The van der Waals surface area contributed by atoms with E-state index < -0.39 is 0 Å². The molecule has 0 aromatic heterocycles. The van der Waals surface area contributed by atoms with Gasteiger partial charge in [-0.3, -0.25) is 14.4 Å². The standard InChI is InChI=1S/C28H29NO4/c30-27(29-33-20-21-11-5-4-6-12-21)15-7-2-1-3-10-18-32-22-16-17-24-23-13-8-9-14-25(23)28(31)26(24)19-22/h4-6,8-9,11-14,16-17,19H,1-3,7,10,15,18,20H2,(H,29,30). The third-order valence-corrected chi connectivity index (χ3v) is 5.78. The van der Waals surface area contributed by atoms with Gasteiger partial charge in [0.25, 0.3) is 0 Å². The van der Waals surface area contributed by atoms with Crippen LogP contribution in [0.1, 0.15) is 60.0 Å². The van der Waals surface area contributed by atoms with Crippen molar-refractivity contribution in [2.24, 2.45) is 0 Å². The van der Waals surface area contributed by atoms with Crippen LogP contribution in [0.4, 0.5) is 0 Å². The van der Waals surface area contributed by atoms with Crippen LogP contribution in [0.5, 0.6) is 5.75 Å². The van der Waals surface area contributed by atoms with E-state index in [0.29, 0.717) is 19.6 Å². The van der Waals surface area contributed by atoms with Gasteiger partial charge in [0.15, 0.2) is 5.78 Å². The van der Waals surface area contributed by atoms with Crippen molar-refractivity contribution >= 4 is 11.7 Å². The number of unbranched alkanes of at least 4 members (excludes halogenated alkanes) is 4. The van der Waals surface area contributed by atoms with Gasteiger partial charge in [-0.2, -0.15) is 0 Å². The van der Waals surface area contributed by atoms with Crippen LogP contribution in [0, 0.1) is 0 Å². The summed E-state index contributed by atoms with van der Waals surface area (Å²) in [6.45, 7) is 0.992. The number of ether oxygens (including phenoxy) is 1. The fraction of sp³-hybridized carbons (Fsp3) is 0.286. The van der Waals surface area contributed by atoms with Gasteiger partial charge in [0.2, 0.25) is 5.91 Å². The summed E-state index contributed by atoms with van der Waals surface area (Å²) < 4.78 is 5.87. The third-order valence-electron chi connectivity index (χ3n) is 5.78. The topological polar surface area (TPSA) is 64.6 Å². The Kier molecular flexibility index (Phi) is 7.88. The second-order valence-electron chi connectivity index (χ2n) is 8.25. The molecule has 170 valence electrons.